The molecule has 2 aromatic heterocycles. The minimum absolute atomic E-state index is 0.579. The topological polar surface area (TPSA) is 67.6 Å². The van der Waals surface area contributed by atoms with Crippen LogP contribution in [-0.4, -0.2) is 15.2 Å². The fourth-order valence-electron chi connectivity index (χ4n) is 1.71. The summed E-state index contributed by atoms with van der Waals surface area (Å²) in [5.74, 6) is 0.579. The Morgan fingerprint density at radius 2 is 2.27 bits per heavy atom. The standard InChI is InChI=1S/C11H14N4/c1-3-8-10(14-15-11(8)12)9-5-4-6-13-7(9)2/h4-6H,3H2,1-2H3,(H3,12,14,15). The number of aromatic amines is 1. The predicted octanol–water partition coefficient (Wildman–Crippen LogP) is 1.92. The van der Waals surface area contributed by atoms with E-state index in [0.717, 1.165) is 28.9 Å². The average Bonchev–Trinajstić information content (AvgIpc) is 2.60. The zero-order valence-corrected chi connectivity index (χ0v) is 8.91. The largest absolute Gasteiger partial charge is 0.382 e. The minimum atomic E-state index is 0.579. The summed E-state index contributed by atoms with van der Waals surface area (Å²) >= 11 is 0. The second kappa shape index (κ2) is 3.73. The van der Waals surface area contributed by atoms with E-state index in [9.17, 15) is 0 Å². The first-order valence-corrected chi connectivity index (χ1v) is 4.98. The zero-order chi connectivity index (χ0) is 10.8. The molecule has 0 radical (unpaired) electrons. The fraction of sp³-hybridized carbons (Fsp3) is 0.273. The molecule has 15 heavy (non-hydrogen) atoms. The third kappa shape index (κ3) is 1.58. The van der Waals surface area contributed by atoms with Crippen molar-refractivity contribution >= 4 is 5.82 Å². The zero-order valence-electron chi connectivity index (χ0n) is 8.91. The Morgan fingerprint density at radius 3 is 2.93 bits per heavy atom. The Labute approximate surface area is 88.5 Å². The molecule has 0 fully saturated rings. The lowest BCUT2D eigenvalue weighted by molar-refractivity contribution is 1.09. The molecular formula is C11H14N4. The molecule has 0 atom stereocenters. The van der Waals surface area contributed by atoms with Crippen LogP contribution in [0.25, 0.3) is 11.3 Å². The Morgan fingerprint density at radius 1 is 1.47 bits per heavy atom. The summed E-state index contributed by atoms with van der Waals surface area (Å²) in [6.45, 7) is 4.04. The summed E-state index contributed by atoms with van der Waals surface area (Å²) in [5, 5.41) is 7.00. The average molecular weight is 202 g/mol. The van der Waals surface area contributed by atoms with Crippen LogP contribution in [0.2, 0.25) is 0 Å². The van der Waals surface area contributed by atoms with Gasteiger partial charge in [-0.1, -0.05) is 6.92 Å². The van der Waals surface area contributed by atoms with Crippen LogP contribution in [0.15, 0.2) is 18.3 Å². The number of nitrogens with one attached hydrogen (secondary N) is 1. The van der Waals surface area contributed by atoms with Crippen molar-refractivity contribution in [1.29, 1.82) is 0 Å². The van der Waals surface area contributed by atoms with Gasteiger partial charge in [-0.25, -0.2) is 0 Å². The van der Waals surface area contributed by atoms with Gasteiger partial charge in [-0.15, -0.1) is 0 Å². The van der Waals surface area contributed by atoms with Crippen LogP contribution in [0.5, 0.6) is 0 Å². The normalized spacial score (nSPS) is 10.5. The molecule has 0 aromatic carbocycles. The van der Waals surface area contributed by atoms with Gasteiger partial charge in [0.25, 0.3) is 0 Å². The van der Waals surface area contributed by atoms with Crippen molar-refractivity contribution in [2.24, 2.45) is 0 Å². The number of hydrogen-bond acceptors (Lipinski definition) is 3. The summed E-state index contributed by atoms with van der Waals surface area (Å²) < 4.78 is 0. The molecule has 0 unspecified atom stereocenters. The second-order valence-electron chi connectivity index (χ2n) is 3.45. The van der Waals surface area contributed by atoms with Crippen LogP contribution in [-0.2, 0) is 6.42 Å². The Hall–Kier alpha value is -1.84. The van der Waals surface area contributed by atoms with Gasteiger partial charge >= 0.3 is 0 Å². The lowest BCUT2D eigenvalue weighted by atomic mass is 10.1. The molecule has 2 aromatic rings. The van der Waals surface area contributed by atoms with Crippen molar-refractivity contribution in [1.82, 2.24) is 15.2 Å². The molecule has 0 aliphatic rings. The van der Waals surface area contributed by atoms with Gasteiger partial charge in [0.15, 0.2) is 0 Å². The molecular weight excluding hydrogens is 188 g/mol. The van der Waals surface area contributed by atoms with E-state index in [2.05, 4.69) is 22.1 Å². The van der Waals surface area contributed by atoms with Crippen LogP contribution in [0.4, 0.5) is 5.82 Å². The monoisotopic (exact) mass is 202 g/mol. The molecule has 0 saturated heterocycles. The summed E-state index contributed by atoms with van der Waals surface area (Å²) in [6.07, 6.45) is 2.65. The van der Waals surface area contributed by atoms with E-state index in [1.807, 2.05) is 19.1 Å². The summed E-state index contributed by atoms with van der Waals surface area (Å²) in [6, 6.07) is 3.94. The Bertz CT molecular complexity index is 473. The molecule has 4 nitrogen and oxygen atoms in total. The highest BCUT2D eigenvalue weighted by Crippen LogP contribution is 2.26. The highest BCUT2D eigenvalue weighted by Gasteiger charge is 2.12. The molecule has 0 saturated carbocycles. The van der Waals surface area contributed by atoms with Crippen molar-refractivity contribution in [3.05, 3.63) is 29.6 Å². The van der Waals surface area contributed by atoms with Crippen molar-refractivity contribution in [2.75, 3.05) is 5.73 Å². The molecule has 3 N–H and O–H groups in total. The van der Waals surface area contributed by atoms with Gasteiger partial charge in [0.2, 0.25) is 0 Å². The maximum absolute atomic E-state index is 5.78. The fourth-order valence-corrected chi connectivity index (χ4v) is 1.71. The quantitative estimate of drug-likeness (QED) is 0.781. The number of nitrogens with zero attached hydrogens (tertiary/aromatic N) is 2. The number of rotatable bonds is 2. The number of pyridine rings is 1. The number of hydrogen-bond donors (Lipinski definition) is 2. The van der Waals surface area contributed by atoms with Gasteiger partial charge in [-0.2, -0.15) is 5.10 Å². The number of nitrogens with two attached hydrogens (primary N) is 1. The summed E-state index contributed by atoms with van der Waals surface area (Å²) in [7, 11) is 0. The number of H-pyrrole nitrogens is 1. The lowest BCUT2D eigenvalue weighted by Crippen LogP contribution is -1.92. The van der Waals surface area contributed by atoms with Gasteiger partial charge in [-0.05, 0) is 25.5 Å². The number of nitrogen functional groups attached to an aromatic ring is 1. The van der Waals surface area contributed by atoms with Crippen LogP contribution in [0, 0.1) is 6.92 Å². The van der Waals surface area contributed by atoms with Crippen LogP contribution < -0.4 is 5.73 Å². The molecule has 2 heterocycles. The molecule has 4 heteroatoms. The van der Waals surface area contributed by atoms with E-state index in [1.54, 1.807) is 6.20 Å². The van der Waals surface area contributed by atoms with Crippen LogP contribution in [0.3, 0.4) is 0 Å². The number of anilines is 1. The first-order chi connectivity index (χ1) is 7.24. The maximum Gasteiger partial charge on any atom is 0.149 e. The van der Waals surface area contributed by atoms with Gasteiger partial charge < -0.3 is 5.73 Å². The van der Waals surface area contributed by atoms with Gasteiger partial charge in [0.05, 0.1) is 5.69 Å². The molecule has 0 bridgehead atoms. The predicted molar refractivity (Wildman–Crippen MR) is 60.3 cm³/mol. The van der Waals surface area contributed by atoms with Gasteiger partial charge in [0, 0.05) is 23.0 Å². The molecule has 0 aliphatic heterocycles. The van der Waals surface area contributed by atoms with Crippen molar-refractivity contribution in [3.8, 4) is 11.3 Å². The Balaban J connectivity index is 2.59. The molecule has 0 aliphatic carbocycles. The first kappa shape index (κ1) is 9.71. The highest BCUT2D eigenvalue weighted by atomic mass is 15.2. The van der Waals surface area contributed by atoms with Crippen molar-refractivity contribution < 1.29 is 0 Å². The first-order valence-electron chi connectivity index (χ1n) is 4.98. The minimum Gasteiger partial charge on any atom is -0.382 e. The molecule has 2 rings (SSSR count). The van der Waals surface area contributed by atoms with Gasteiger partial charge in [-0.3, -0.25) is 10.1 Å². The van der Waals surface area contributed by atoms with E-state index in [1.165, 1.54) is 0 Å². The molecule has 0 spiro atoms. The van der Waals surface area contributed by atoms with E-state index in [4.69, 9.17) is 5.73 Å². The summed E-state index contributed by atoms with van der Waals surface area (Å²) in [5.41, 5.74) is 9.87. The van der Waals surface area contributed by atoms with Crippen LogP contribution in [0.1, 0.15) is 18.2 Å². The van der Waals surface area contributed by atoms with Crippen molar-refractivity contribution in [3.63, 3.8) is 0 Å². The number of aryl methyl sites for hydroxylation is 1. The maximum atomic E-state index is 5.78. The van der Waals surface area contributed by atoms with Crippen molar-refractivity contribution in [2.45, 2.75) is 20.3 Å². The van der Waals surface area contributed by atoms with E-state index in [0.29, 0.717) is 5.82 Å². The van der Waals surface area contributed by atoms with E-state index >= 15 is 0 Å². The Kier molecular flexibility index (Phi) is 2.41. The van der Waals surface area contributed by atoms with Gasteiger partial charge in [0.1, 0.15) is 5.82 Å². The second-order valence-corrected chi connectivity index (χ2v) is 3.45. The summed E-state index contributed by atoms with van der Waals surface area (Å²) in [4.78, 5) is 4.25. The highest BCUT2D eigenvalue weighted by molar-refractivity contribution is 5.69. The number of aromatic nitrogens is 3. The van der Waals surface area contributed by atoms with E-state index < -0.39 is 0 Å². The molecule has 78 valence electrons. The third-order valence-electron chi connectivity index (χ3n) is 2.53. The smallest absolute Gasteiger partial charge is 0.149 e. The molecule has 0 amide bonds. The van der Waals surface area contributed by atoms with E-state index in [-0.39, 0.29) is 0 Å². The van der Waals surface area contributed by atoms with Crippen LogP contribution >= 0.6 is 0 Å². The SMILES string of the molecule is CCc1c(N)n[nH]c1-c1cccnc1C. The lowest BCUT2D eigenvalue weighted by Gasteiger charge is -2.04. The third-order valence-corrected chi connectivity index (χ3v) is 2.53.